The van der Waals surface area contributed by atoms with E-state index in [-0.39, 0.29) is 44.0 Å². The zero-order valence-electron chi connectivity index (χ0n) is 23.2. The zero-order chi connectivity index (χ0) is 28.8. The molecule has 3 unspecified atom stereocenters. The van der Waals surface area contributed by atoms with E-state index in [0.29, 0.717) is 12.8 Å². The number of nitrogens with one attached hydrogen (secondary N) is 3. The highest BCUT2D eigenvalue weighted by Gasteiger charge is 2.49. The lowest BCUT2D eigenvalue weighted by molar-refractivity contribution is -0.193. The van der Waals surface area contributed by atoms with Gasteiger partial charge in [-0.3, -0.25) is 14.4 Å². The first-order chi connectivity index (χ1) is 18.7. The summed E-state index contributed by atoms with van der Waals surface area (Å²) in [5.74, 6) is -2.33. The topological polar surface area (TPSA) is 149 Å². The molecule has 11 heteroatoms. The third-order valence-corrected chi connectivity index (χ3v) is 6.61. The Hall–Kier alpha value is -3.63. The molecule has 5 atom stereocenters. The van der Waals surface area contributed by atoms with Gasteiger partial charge in [-0.15, -0.1) is 0 Å². The van der Waals surface area contributed by atoms with E-state index in [2.05, 4.69) is 16.0 Å². The van der Waals surface area contributed by atoms with E-state index >= 15 is 0 Å². The highest BCUT2D eigenvalue weighted by molar-refractivity contribution is 5.94. The fourth-order valence-electron chi connectivity index (χ4n) is 3.92. The second kappa shape index (κ2) is 16.4. The Morgan fingerprint density at radius 1 is 1.00 bits per heavy atom. The van der Waals surface area contributed by atoms with Crippen molar-refractivity contribution in [2.75, 3.05) is 13.2 Å². The Labute approximate surface area is 229 Å². The third kappa shape index (κ3) is 10.2. The van der Waals surface area contributed by atoms with Crippen LogP contribution in [0.25, 0.3) is 0 Å². The number of unbranched alkanes of at least 4 members (excludes halogenated alkanes) is 1. The van der Waals surface area contributed by atoms with Gasteiger partial charge in [-0.05, 0) is 37.7 Å². The summed E-state index contributed by atoms with van der Waals surface area (Å²) in [6, 6.07) is 7.18. The molecule has 0 aromatic heterocycles. The lowest BCUT2D eigenvalue weighted by Crippen LogP contribution is -2.56. The molecule has 216 valence electrons. The molecule has 1 saturated heterocycles. The fraction of sp³-hybridized carbons (Fsp3) is 0.607. The van der Waals surface area contributed by atoms with Crippen molar-refractivity contribution in [3.05, 3.63) is 35.9 Å². The summed E-state index contributed by atoms with van der Waals surface area (Å²) in [6.45, 7) is 7.79. The standard InChI is InChI=1S/C28H41N3O8/c1-5-7-16-37-26(34)21(14-11-15-29-25(33)23-22(18(3)6-2)27(35)39-23)31-24(32)19(4)30-28(36)38-17-20-12-9-8-10-13-20/h8-10,12-13,18-19,21-23H,5-7,11,14-17H2,1-4H3,(H,29,33)(H,30,36)(H,31,32)/t18-,19?,21?,22?,23-/m0/s1. The van der Waals surface area contributed by atoms with Gasteiger partial charge in [0.05, 0.1) is 6.61 Å². The molecule has 1 heterocycles. The quantitative estimate of drug-likeness (QED) is 0.162. The number of carbonyl (C=O) groups is 5. The van der Waals surface area contributed by atoms with E-state index in [9.17, 15) is 24.0 Å². The van der Waals surface area contributed by atoms with Gasteiger partial charge in [0, 0.05) is 6.54 Å². The molecule has 0 spiro atoms. The van der Waals surface area contributed by atoms with Crippen LogP contribution in [0, 0.1) is 11.8 Å². The van der Waals surface area contributed by atoms with Crippen LogP contribution in [0.2, 0.25) is 0 Å². The van der Waals surface area contributed by atoms with E-state index in [1.807, 2.05) is 51.1 Å². The van der Waals surface area contributed by atoms with Crippen molar-refractivity contribution in [3.63, 3.8) is 0 Å². The normalized spacial score (nSPS) is 18.4. The lowest BCUT2D eigenvalue weighted by atomic mass is 9.83. The number of hydrogen-bond acceptors (Lipinski definition) is 8. The van der Waals surface area contributed by atoms with Gasteiger partial charge in [0.15, 0.2) is 6.10 Å². The molecule has 0 bridgehead atoms. The zero-order valence-corrected chi connectivity index (χ0v) is 23.2. The first kappa shape index (κ1) is 31.6. The molecular formula is C28H41N3O8. The maximum Gasteiger partial charge on any atom is 0.408 e. The molecule has 1 aliphatic rings. The molecular weight excluding hydrogens is 506 g/mol. The molecule has 1 fully saturated rings. The molecule has 1 aromatic rings. The average molecular weight is 548 g/mol. The van der Waals surface area contributed by atoms with Crippen molar-refractivity contribution >= 4 is 29.8 Å². The number of rotatable bonds is 16. The SMILES string of the molecule is CCCCOC(=O)C(CCCNC(=O)[C@H]1OC(=O)C1[C@@H](C)CC)NC(=O)C(C)NC(=O)OCc1ccccc1. The number of carbonyl (C=O) groups excluding carboxylic acids is 5. The summed E-state index contributed by atoms with van der Waals surface area (Å²) in [4.78, 5) is 61.7. The molecule has 1 aromatic carbocycles. The van der Waals surface area contributed by atoms with Gasteiger partial charge in [0.1, 0.15) is 24.6 Å². The van der Waals surface area contributed by atoms with E-state index in [4.69, 9.17) is 14.2 Å². The minimum absolute atomic E-state index is 0.0331. The summed E-state index contributed by atoms with van der Waals surface area (Å²) >= 11 is 0. The van der Waals surface area contributed by atoms with Gasteiger partial charge in [0.2, 0.25) is 5.91 Å². The molecule has 3 amide bonds. The smallest absolute Gasteiger partial charge is 0.408 e. The summed E-state index contributed by atoms with van der Waals surface area (Å²) < 4.78 is 15.5. The van der Waals surface area contributed by atoms with Crippen molar-refractivity contribution < 1.29 is 38.2 Å². The van der Waals surface area contributed by atoms with Gasteiger partial charge >= 0.3 is 18.0 Å². The maximum absolute atomic E-state index is 12.7. The minimum Gasteiger partial charge on any atom is -0.464 e. The molecule has 0 aliphatic carbocycles. The molecule has 1 aliphatic heterocycles. The molecule has 3 N–H and O–H groups in total. The highest BCUT2D eigenvalue weighted by Crippen LogP contribution is 2.31. The Bertz CT molecular complexity index is 971. The number of esters is 2. The Balaban J connectivity index is 1.84. The predicted molar refractivity (Wildman–Crippen MR) is 142 cm³/mol. The monoisotopic (exact) mass is 547 g/mol. The van der Waals surface area contributed by atoms with E-state index in [0.717, 1.165) is 18.4 Å². The van der Waals surface area contributed by atoms with Crippen molar-refractivity contribution in [1.29, 1.82) is 0 Å². The van der Waals surface area contributed by atoms with E-state index < -0.39 is 42.1 Å². The van der Waals surface area contributed by atoms with Gasteiger partial charge in [0.25, 0.3) is 5.91 Å². The van der Waals surface area contributed by atoms with Crippen molar-refractivity contribution in [1.82, 2.24) is 16.0 Å². The second-order valence-electron chi connectivity index (χ2n) is 9.71. The molecule has 2 rings (SSSR count). The summed E-state index contributed by atoms with van der Waals surface area (Å²) in [7, 11) is 0. The fourth-order valence-corrected chi connectivity index (χ4v) is 3.92. The first-order valence-corrected chi connectivity index (χ1v) is 13.6. The summed E-state index contributed by atoms with van der Waals surface area (Å²) in [5, 5.41) is 7.81. The van der Waals surface area contributed by atoms with Crippen LogP contribution in [0.4, 0.5) is 4.79 Å². The third-order valence-electron chi connectivity index (χ3n) is 6.61. The van der Waals surface area contributed by atoms with Crippen LogP contribution in [0.1, 0.15) is 65.4 Å². The van der Waals surface area contributed by atoms with Crippen molar-refractivity contribution in [3.8, 4) is 0 Å². The van der Waals surface area contributed by atoms with Gasteiger partial charge in [-0.2, -0.15) is 0 Å². The predicted octanol–water partition coefficient (Wildman–Crippen LogP) is 2.61. The average Bonchev–Trinajstić information content (AvgIpc) is 2.92. The number of benzene rings is 1. The van der Waals surface area contributed by atoms with Crippen LogP contribution < -0.4 is 16.0 Å². The number of amides is 3. The van der Waals surface area contributed by atoms with Crippen LogP contribution in [0.15, 0.2) is 30.3 Å². The van der Waals surface area contributed by atoms with Crippen LogP contribution in [-0.4, -0.2) is 61.2 Å². The Morgan fingerprint density at radius 2 is 1.72 bits per heavy atom. The van der Waals surface area contributed by atoms with Crippen LogP contribution in [0.3, 0.4) is 0 Å². The van der Waals surface area contributed by atoms with E-state index in [1.54, 1.807) is 0 Å². The number of hydrogen-bond donors (Lipinski definition) is 3. The van der Waals surface area contributed by atoms with Gasteiger partial charge in [-0.25, -0.2) is 9.59 Å². The van der Waals surface area contributed by atoms with Gasteiger partial charge < -0.3 is 30.2 Å². The van der Waals surface area contributed by atoms with Crippen LogP contribution in [-0.2, 0) is 40.0 Å². The molecule has 11 nitrogen and oxygen atoms in total. The Morgan fingerprint density at radius 3 is 2.36 bits per heavy atom. The van der Waals surface area contributed by atoms with E-state index in [1.165, 1.54) is 6.92 Å². The minimum atomic E-state index is -0.968. The number of cyclic esters (lactones) is 1. The molecule has 39 heavy (non-hydrogen) atoms. The molecule has 0 saturated carbocycles. The number of ether oxygens (including phenoxy) is 3. The van der Waals surface area contributed by atoms with Gasteiger partial charge in [-0.1, -0.05) is 63.9 Å². The summed E-state index contributed by atoms with van der Waals surface area (Å²) in [5.41, 5.74) is 0.803. The lowest BCUT2D eigenvalue weighted by Gasteiger charge is -2.37. The van der Waals surface area contributed by atoms with Crippen molar-refractivity contribution in [2.24, 2.45) is 11.8 Å². The second-order valence-corrected chi connectivity index (χ2v) is 9.71. The summed E-state index contributed by atoms with van der Waals surface area (Å²) in [6.07, 6.45) is 1.26. The first-order valence-electron chi connectivity index (χ1n) is 13.6. The van der Waals surface area contributed by atoms with Crippen molar-refractivity contribution in [2.45, 2.75) is 84.6 Å². The largest absolute Gasteiger partial charge is 0.464 e. The number of alkyl carbamates (subject to hydrolysis) is 1. The maximum atomic E-state index is 12.7. The van der Waals surface area contributed by atoms with Crippen LogP contribution >= 0.6 is 0 Å². The van der Waals surface area contributed by atoms with Crippen LogP contribution in [0.5, 0.6) is 0 Å². The highest BCUT2D eigenvalue weighted by atomic mass is 16.6. The Kier molecular flexibility index (Phi) is 13.2. The molecule has 0 radical (unpaired) electrons.